The van der Waals surface area contributed by atoms with Gasteiger partial charge in [-0.15, -0.1) is 5.10 Å². The van der Waals surface area contributed by atoms with Crippen molar-refractivity contribution in [1.82, 2.24) is 20.3 Å². The summed E-state index contributed by atoms with van der Waals surface area (Å²) in [4.78, 5) is 0. The Morgan fingerprint density at radius 3 is 3.05 bits per heavy atom. The molecule has 0 saturated carbocycles. The lowest BCUT2D eigenvalue weighted by Crippen LogP contribution is -2.09. The summed E-state index contributed by atoms with van der Waals surface area (Å²) in [6, 6.07) is 5.53. The van der Waals surface area contributed by atoms with Gasteiger partial charge in [0.15, 0.2) is 0 Å². The third-order valence-electron chi connectivity index (χ3n) is 2.42. The van der Waals surface area contributed by atoms with Crippen LogP contribution in [0.15, 0.2) is 28.9 Å². The summed E-state index contributed by atoms with van der Waals surface area (Å²) in [5, 5.41) is 11.6. The third kappa shape index (κ3) is 4.19. The van der Waals surface area contributed by atoms with Crippen LogP contribution in [0.25, 0.3) is 0 Å². The molecule has 0 aliphatic heterocycles. The average molecular weight is 346 g/mol. The summed E-state index contributed by atoms with van der Waals surface area (Å²) in [5.74, 6) is 0.667. The Hall–Kier alpha value is -1.11. The zero-order chi connectivity index (χ0) is 13.7. The maximum Gasteiger partial charge on any atom is 0.138 e. The predicted molar refractivity (Wildman–Crippen MR) is 77.4 cm³/mol. The minimum absolute atomic E-state index is 0.490. The van der Waals surface area contributed by atoms with Crippen molar-refractivity contribution in [1.29, 1.82) is 0 Å². The van der Waals surface area contributed by atoms with Crippen LogP contribution in [0, 0.1) is 0 Å². The van der Waals surface area contributed by atoms with E-state index in [9.17, 15) is 0 Å². The van der Waals surface area contributed by atoms with E-state index in [0.29, 0.717) is 30.5 Å². The average Bonchev–Trinajstić information content (AvgIpc) is 2.80. The zero-order valence-corrected chi connectivity index (χ0v) is 12.8. The quantitative estimate of drug-likeness (QED) is 0.874. The summed E-state index contributed by atoms with van der Waals surface area (Å²) >= 11 is 9.41. The molecule has 0 fully saturated rings. The molecule has 0 unspecified atom stereocenters. The predicted octanol–water partition coefficient (Wildman–Crippen LogP) is 2.49. The van der Waals surface area contributed by atoms with Crippen LogP contribution in [0.5, 0.6) is 5.75 Å². The molecule has 102 valence electrons. The first-order valence-corrected chi connectivity index (χ1v) is 6.97. The van der Waals surface area contributed by atoms with Crippen LogP contribution in [-0.2, 0) is 13.1 Å². The van der Waals surface area contributed by atoms with E-state index in [2.05, 4.69) is 31.6 Å². The van der Waals surface area contributed by atoms with Gasteiger partial charge in [-0.2, -0.15) is 0 Å². The topological polar surface area (TPSA) is 52.0 Å². The number of hydrogen-bond donors (Lipinski definition) is 1. The summed E-state index contributed by atoms with van der Waals surface area (Å²) in [7, 11) is 1.87. The molecule has 0 aliphatic rings. The molecule has 0 amide bonds. The van der Waals surface area contributed by atoms with Crippen LogP contribution >= 0.6 is 27.5 Å². The van der Waals surface area contributed by atoms with Crippen LogP contribution in [0.4, 0.5) is 0 Å². The molecule has 0 radical (unpaired) electrons. The zero-order valence-electron chi connectivity index (χ0n) is 10.4. The minimum Gasteiger partial charge on any atom is -0.490 e. The van der Waals surface area contributed by atoms with Gasteiger partial charge in [-0.3, -0.25) is 0 Å². The molecule has 2 aromatic rings. The number of nitrogens with one attached hydrogen (secondary N) is 1. The van der Waals surface area contributed by atoms with Gasteiger partial charge in [0.2, 0.25) is 0 Å². The van der Waals surface area contributed by atoms with Gasteiger partial charge in [0, 0.05) is 17.2 Å². The van der Waals surface area contributed by atoms with E-state index in [1.165, 1.54) is 0 Å². The van der Waals surface area contributed by atoms with Gasteiger partial charge in [-0.25, -0.2) is 4.68 Å². The molecular weight excluding hydrogens is 332 g/mol. The highest BCUT2D eigenvalue weighted by Crippen LogP contribution is 2.27. The van der Waals surface area contributed by atoms with Crippen molar-refractivity contribution in [2.24, 2.45) is 0 Å². The van der Waals surface area contributed by atoms with Gasteiger partial charge in [0.05, 0.1) is 17.3 Å². The second-order valence-corrected chi connectivity index (χ2v) is 5.25. The molecule has 0 spiro atoms. The molecular formula is C12H14BrClN4O. The Labute approximate surface area is 125 Å². The maximum atomic E-state index is 6.06. The molecule has 0 bridgehead atoms. The molecule has 7 heteroatoms. The van der Waals surface area contributed by atoms with Crippen LogP contribution in [0.3, 0.4) is 0 Å². The molecule has 0 aliphatic carbocycles. The molecule has 5 nitrogen and oxygen atoms in total. The highest BCUT2D eigenvalue weighted by Gasteiger charge is 2.03. The second-order valence-electron chi connectivity index (χ2n) is 3.93. The van der Waals surface area contributed by atoms with Gasteiger partial charge in [-0.1, -0.05) is 32.7 Å². The molecule has 19 heavy (non-hydrogen) atoms. The SMILES string of the molecule is CNCc1cn(CCOc2ccc(Br)cc2Cl)nn1. The molecule has 1 heterocycles. The van der Waals surface area contributed by atoms with Gasteiger partial charge in [0.1, 0.15) is 12.4 Å². The van der Waals surface area contributed by atoms with Crippen molar-refractivity contribution in [3.63, 3.8) is 0 Å². The fourth-order valence-electron chi connectivity index (χ4n) is 1.55. The number of hydrogen-bond acceptors (Lipinski definition) is 4. The molecule has 1 N–H and O–H groups in total. The van der Waals surface area contributed by atoms with Crippen LogP contribution in [0.1, 0.15) is 5.69 Å². The highest BCUT2D eigenvalue weighted by molar-refractivity contribution is 9.10. The van der Waals surface area contributed by atoms with Crippen LogP contribution in [-0.4, -0.2) is 28.6 Å². The fraction of sp³-hybridized carbons (Fsp3) is 0.333. The number of benzene rings is 1. The number of nitrogens with zero attached hydrogens (tertiary/aromatic N) is 3. The monoisotopic (exact) mass is 344 g/mol. The van der Waals surface area contributed by atoms with Crippen molar-refractivity contribution in [3.8, 4) is 5.75 Å². The normalized spacial score (nSPS) is 10.7. The van der Waals surface area contributed by atoms with Gasteiger partial charge >= 0.3 is 0 Å². The second kappa shape index (κ2) is 6.88. The maximum absolute atomic E-state index is 6.06. The third-order valence-corrected chi connectivity index (χ3v) is 3.20. The van der Waals surface area contributed by atoms with E-state index < -0.39 is 0 Å². The minimum atomic E-state index is 0.490. The first-order valence-electron chi connectivity index (χ1n) is 5.80. The fourth-order valence-corrected chi connectivity index (χ4v) is 2.28. The Bertz CT molecular complexity index is 546. The first kappa shape index (κ1) is 14.3. The Morgan fingerprint density at radius 1 is 1.47 bits per heavy atom. The van der Waals surface area contributed by atoms with Crippen molar-refractivity contribution in [2.45, 2.75) is 13.1 Å². The smallest absolute Gasteiger partial charge is 0.138 e. The number of ether oxygens (including phenoxy) is 1. The van der Waals surface area contributed by atoms with Crippen molar-refractivity contribution in [3.05, 3.63) is 39.6 Å². The van der Waals surface area contributed by atoms with Crippen LogP contribution < -0.4 is 10.1 Å². The number of halogens is 2. The molecule has 1 aromatic carbocycles. The largest absolute Gasteiger partial charge is 0.490 e. The summed E-state index contributed by atoms with van der Waals surface area (Å²) in [6.07, 6.45) is 1.89. The first-order chi connectivity index (χ1) is 9.19. The summed E-state index contributed by atoms with van der Waals surface area (Å²) in [5.41, 5.74) is 0.907. The number of rotatable bonds is 6. The van der Waals surface area contributed by atoms with E-state index >= 15 is 0 Å². The van der Waals surface area contributed by atoms with E-state index in [1.807, 2.05) is 25.4 Å². The molecule has 1 aromatic heterocycles. The Balaban J connectivity index is 1.85. The van der Waals surface area contributed by atoms with E-state index in [-0.39, 0.29) is 0 Å². The van der Waals surface area contributed by atoms with Crippen molar-refractivity contribution < 1.29 is 4.74 Å². The molecule has 2 rings (SSSR count). The van der Waals surface area contributed by atoms with Crippen molar-refractivity contribution in [2.75, 3.05) is 13.7 Å². The van der Waals surface area contributed by atoms with Gasteiger partial charge in [0.25, 0.3) is 0 Å². The lowest BCUT2D eigenvalue weighted by atomic mass is 10.3. The summed E-state index contributed by atoms with van der Waals surface area (Å²) in [6.45, 7) is 1.83. The molecule has 0 saturated heterocycles. The van der Waals surface area contributed by atoms with Crippen LogP contribution in [0.2, 0.25) is 5.02 Å². The van der Waals surface area contributed by atoms with Gasteiger partial charge < -0.3 is 10.1 Å². The van der Waals surface area contributed by atoms with Crippen molar-refractivity contribution >= 4 is 27.5 Å². The van der Waals surface area contributed by atoms with Gasteiger partial charge in [-0.05, 0) is 25.2 Å². The lowest BCUT2D eigenvalue weighted by molar-refractivity contribution is 0.290. The highest BCUT2D eigenvalue weighted by atomic mass is 79.9. The Morgan fingerprint density at radius 2 is 2.32 bits per heavy atom. The lowest BCUT2D eigenvalue weighted by Gasteiger charge is -2.07. The summed E-state index contributed by atoms with van der Waals surface area (Å²) < 4.78 is 8.29. The molecule has 0 atom stereocenters. The van der Waals surface area contributed by atoms with E-state index in [4.69, 9.17) is 16.3 Å². The van der Waals surface area contributed by atoms with E-state index in [1.54, 1.807) is 10.7 Å². The standard InChI is InChI=1S/C12H14BrClN4O/c1-15-7-10-8-18(17-16-10)4-5-19-12-3-2-9(13)6-11(12)14/h2-3,6,8,15H,4-5,7H2,1H3. The number of aromatic nitrogens is 3. The van der Waals surface area contributed by atoms with E-state index in [0.717, 1.165) is 10.2 Å². The Kier molecular flexibility index (Phi) is 5.18.